The molecule has 2 aromatic carbocycles. The standard InChI is InChI=1S/C23H27Cl2NO3S/c1-30(28,29)19-7-5-17(6-8-19)26-23-15(9-14-3-2-4-18(27)10-14)11-20-21(23)12-16(24)13-22(20)25/h5-8,12-15,18,23,26-27H,2-4,9-11H2,1H3/t14?,15?,18?,23-/m1/s1. The van der Waals surface area contributed by atoms with Crippen molar-refractivity contribution < 1.29 is 13.5 Å². The summed E-state index contributed by atoms with van der Waals surface area (Å²) in [6.07, 6.45) is 6.88. The van der Waals surface area contributed by atoms with E-state index in [4.69, 9.17) is 23.2 Å². The predicted molar refractivity (Wildman–Crippen MR) is 122 cm³/mol. The highest BCUT2D eigenvalue weighted by molar-refractivity contribution is 7.90. The fourth-order valence-corrected chi connectivity index (χ4v) is 6.26. The molecule has 1 saturated carbocycles. The minimum absolute atomic E-state index is 0.0411. The average Bonchev–Trinajstić information content (AvgIpc) is 2.99. The molecule has 0 aromatic heterocycles. The van der Waals surface area contributed by atoms with Gasteiger partial charge in [-0.05, 0) is 85.0 Å². The molecule has 0 radical (unpaired) electrons. The first-order valence-corrected chi connectivity index (χ1v) is 13.1. The Balaban J connectivity index is 1.61. The Morgan fingerprint density at radius 2 is 1.87 bits per heavy atom. The van der Waals surface area contributed by atoms with Crippen LogP contribution in [0.4, 0.5) is 5.69 Å². The molecule has 0 heterocycles. The van der Waals surface area contributed by atoms with Crippen molar-refractivity contribution >= 4 is 38.7 Å². The zero-order valence-corrected chi connectivity index (χ0v) is 19.3. The molecule has 0 bridgehead atoms. The van der Waals surface area contributed by atoms with Gasteiger partial charge < -0.3 is 10.4 Å². The van der Waals surface area contributed by atoms with Gasteiger partial charge in [-0.1, -0.05) is 36.0 Å². The summed E-state index contributed by atoms with van der Waals surface area (Å²) in [5, 5.41) is 15.0. The van der Waals surface area contributed by atoms with E-state index in [2.05, 4.69) is 5.32 Å². The highest BCUT2D eigenvalue weighted by atomic mass is 35.5. The molecule has 2 aliphatic carbocycles. The molecule has 0 aliphatic heterocycles. The van der Waals surface area contributed by atoms with E-state index in [1.807, 2.05) is 18.2 Å². The first-order valence-electron chi connectivity index (χ1n) is 10.4. The molecule has 30 heavy (non-hydrogen) atoms. The topological polar surface area (TPSA) is 66.4 Å². The third kappa shape index (κ3) is 4.80. The molecule has 1 fully saturated rings. The molecule has 0 spiro atoms. The van der Waals surface area contributed by atoms with E-state index in [9.17, 15) is 13.5 Å². The van der Waals surface area contributed by atoms with Crippen molar-refractivity contribution in [1.29, 1.82) is 0 Å². The predicted octanol–water partition coefficient (Wildman–Crippen LogP) is 5.66. The third-order valence-corrected chi connectivity index (χ3v) is 8.15. The first-order chi connectivity index (χ1) is 14.2. The number of hydrogen-bond donors (Lipinski definition) is 2. The van der Waals surface area contributed by atoms with Crippen LogP contribution < -0.4 is 5.32 Å². The van der Waals surface area contributed by atoms with Crippen LogP contribution in [0, 0.1) is 11.8 Å². The molecule has 0 saturated heterocycles. The zero-order chi connectivity index (χ0) is 21.5. The van der Waals surface area contributed by atoms with Crippen LogP contribution in [-0.2, 0) is 16.3 Å². The second-order valence-electron chi connectivity index (χ2n) is 8.76. The monoisotopic (exact) mass is 467 g/mol. The summed E-state index contributed by atoms with van der Waals surface area (Å²) < 4.78 is 23.5. The van der Waals surface area contributed by atoms with Gasteiger partial charge in [-0.25, -0.2) is 8.42 Å². The number of halogens is 2. The molecule has 2 N–H and O–H groups in total. The molecule has 2 aromatic rings. The average molecular weight is 468 g/mol. The number of aliphatic hydroxyl groups excluding tert-OH is 1. The van der Waals surface area contributed by atoms with Crippen molar-refractivity contribution in [2.24, 2.45) is 11.8 Å². The van der Waals surface area contributed by atoms with Crippen molar-refractivity contribution in [1.82, 2.24) is 0 Å². The number of nitrogens with one attached hydrogen (secondary N) is 1. The van der Waals surface area contributed by atoms with Crippen LogP contribution >= 0.6 is 23.2 Å². The van der Waals surface area contributed by atoms with E-state index in [-0.39, 0.29) is 12.1 Å². The Morgan fingerprint density at radius 1 is 1.13 bits per heavy atom. The highest BCUT2D eigenvalue weighted by Crippen LogP contribution is 2.46. The maximum absolute atomic E-state index is 11.8. The van der Waals surface area contributed by atoms with E-state index in [1.165, 1.54) is 6.26 Å². The summed E-state index contributed by atoms with van der Waals surface area (Å²) >= 11 is 12.8. The second-order valence-corrected chi connectivity index (χ2v) is 11.6. The Morgan fingerprint density at radius 3 is 2.53 bits per heavy atom. The van der Waals surface area contributed by atoms with Crippen LogP contribution in [0.25, 0.3) is 0 Å². The lowest BCUT2D eigenvalue weighted by Crippen LogP contribution is -2.25. The lowest BCUT2D eigenvalue weighted by Gasteiger charge is -2.31. The van der Waals surface area contributed by atoms with Gasteiger partial charge in [-0.2, -0.15) is 0 Å². The Labute approximate surface area is 188 Å². The quantitative estimate of drug-likeness (QED) is 0.594. The van der Waals surface area contributed by atoms with Gasteiger partial charge in [0.1, 0.15) is 0 Å². The smallest absolute Gasteiger partial charge is 0.175 e. The lowest BCUT2D eigenvalue weighted by molar-refractivity contribution is 0.0915. The van der Waals surface area contributed by atoms with Crippen molar-refractivity contribution in [2.75, 3.05) is 11.6 Å². The van der Waals surface area contributed by atoms with E-state index < -0.39 is 9.84 Å². The number of anilines is 1. The van der Waals surface area contributed by atoms with E-state index in [1.54, 1.807) is 18.2 Å². The molecule has 4 nitrogen and oxygen atoms in total. The molecular formula is C23H27Cl2NO3S. The van der Waals surface area contributed by atoms with Gasteiger partial charge in [0.05, 0.1) is 17.0 Å². The maximum atomic E-state index is 11.8. The largest absolute Gasteiger partial charge is 0.393 e. The van der Waals surface area contributed by atoms with Gasteiger partial charge >= 0.3 is 0 Å². The molecule has 162 valence electrons. The van der Waals surface area contributed by atoms with Crippen molar-refractivity contribution in [2.45, 2.75) is 55.6 Å². The SMILES string of the molecule is CS(=O)(=O)c1ccc(N[C@H]2c3cc(Cl)cc(Cl)c3CC2CC2CCCC(O)C2)cc1. The van der Waals surface area contributed by atoms with E-state index in [0.717, 1.165) is 55.3 Å². The van der Waals surface area contributed by atoms with Gasteiger partial charge in [0.2, 0.25) is 0 Å². The Kier molecular flexibility index (Phi) is 6.36. The summed E-state index contributed by atoms with van der Waals surface area (Å²) in [4.78, 5) is 0.304. The van der Waals surface area contributed by atoms with Gasteiger partial charge in [0.25, 0.3) is 0 Å². The van der Waals surface area contributed by atoms with Gasteiger partial charge in [0.15, 0.2) is 9.84 Å². The maximum Gasteiger partial charge on any atom is 0.175 e. The summed E-state index contributed by atoms with van der Waals surface area (Å²) in [5.41, 5.74) is 3.11. The summed E-state index contributed by atoms with van der Waals surface area (Å²) in [6.45, 7) is 0. The summed E-state index contributed by atoms with van der Waals surface area (Å²) in [5.74, 6) is 0.833. The van der Waals surface area contributed by atoms with Crippen LogP contribution in [0.3, 0.4) is 0 Å². The van der Waals surface area contributed by atoms with E-state index in [0.29, 0.717) is 26.8 Å². The summed E-state index contributed by atoms with van der Waals surface area (Å²) in [6, 6.07) is 10.7. The third-order valence-electron chi connectivity index (χ3n) is 6.46. The molecular weight excluding hydrogens is 441 g/mol. The van der Waals surface area contributed by atoms with Gasteiger partial charge in [-0.3, -0.25) is 0 Å². The Hall–Kier alpha value is -1.27. The minimum atomic E-state index is -3.23. The van der Waals surface area contributed by atoms with Gasteiger partial charge in [0, 0.05) is 22.0 Å². The fourth-order valence-electron chi connectivity index (χ4n) is 5.05. The highest BCUT2D eigenvalue weighted by Gasteiger charge is 2.36. The molecule has 4 atom stereocenters. The molecule has 0 amide bonds. The minimum Gasteiger partial charge on any atom is -0.393 e. The van der Waals surface area contributed by atoms with Crippen LogP contribution in [-0.4, -0.2) is 25.9 Å². The van der Waals surface area contributed by atoms with Crippen molar-refractivity contribution in [3.05, 3.63) is 57.6 Å². The molecule has 3 unspecified atom stereocenters. The second kappa shape index (κ2) is 8.70. The van der Waals surface area contributed by atoms with Crippen LogP contribution in [0.2, 0.25) is 10.0 Å². The number of fused-ring (bicyclic) bond motifs is 1. The normalized spacial score (nSPS) is 26.4. The van der Waals surface area contributed by atoms with Crippen molar-refractivity contribution in [3.8, 4) is 0 Å². The molecule has 7 heteroatoms. The summed E-state index contributed by atoms with van der Waals surface area (Å²) in [7, 11) is -3.23. The van der Waals surface area contributed by atoms with Crippen LogP contribution in [0.1, 0.15) is 49.3 Å². The number of benzene rings is 2. The zero-order valence-electron chi connectivity index (χ0n) is 16.9. The van der Waals surface area contributed by atoms with E-state index >= 15 is 0 Å². The first kappa shape index (κ1) is 21.9. The van der Waals surface area contributed by atoms with Crippen LogP contribution in [0.5, 0.6) is 0 Å². The van der Waals surface area contributed by atoms with Crippen LogP contribution in [0.15, 0.2) is 41.3 Å². The Bertz CT molecular complexity index is 1020. The van der Waals surface area contributed by atoms with Crippen molar-refractivity contribution in [3.63, 3.8) is 0 Å². The number of rotatable bonds is 5. The fraction of sp³-hybridized carbons (Fsp3) is 0.478. The molecule has 2 aliphatic rings. The number of hydrogen-bond acceptors (Lipinski definition) is 4. The number of sulfone groups is 1. The number of aliphatic hydroxyl groups is 1. The molecule has 4 rings (SSSR count). The van der Waals surface area contributed by atoms with Gasteiger partial charge in [-0.15, -0.1) is 0 Å². The lowest BCUT2D eigenvalue weighted by atomic mass is 9.79.